The van der Waals surface area contributed by atoms with Gasteiger partial charge in [0.2, 0.25) is 0 Å². The summed E-state index contributed by atoms with van der Waals surface area (Å²) in [6, 6.07) is 1.20. The first kappa shape index (κ1) is 39.1. The van der Waals surface area contributed by atoms with E-state index in [2.05, 4.69) is 18.1 Å². The number of nitrogens with two attached hydrogens (primary N) is 1. The van der Waals surface area contributed by atoms with Crippen LogP contribution in [0.15, 0.2) is 17.1 Å². The Morgan fingerprint density at radius 3 is 2.06 bits per heavy atom. The van der Waals surface area contributed by atoms with Crippen molar-refractivity contribution in [1.82, 2.24) is 9.55 Å². The predicted octanol–water partition coefficient (Wildman–Crippen LogP) is -2.67. The van der Waals surface area contributed by atoms with Crippen molar-refractivity contribution in [3.8, 4) is 0 Å². The van der Waals surface area contributed by atoms with Crippen molar-refractivity contribution in [2.75, 3.05) is 12.3 Å². The molecule has 0 radical (unpaired) electrons. The van der Waals surface area contributed by atoms with Gasteiger partial charge in [-0.1, -0.05) is 0 Å². The molecule has 24 heteroatoms. The number of rotatable bonds is 8. The molecule has 2 unspecified atom stereocenters. The fourth-order valence-electron chi connectivity index (χ4n) is 2.19. The summed E-state index contributed by atoms with van der Waals surface area (Å²) in [5, 5.41) is 20.0. The summed E-state index contributed by atoms with van der Waals surface area (Å²) in [4.78, 5) is 50.5. The molecule has 17 nitrogen and oxygen atoms in total. The van der Waals surface area contributed by atoms with Crippen LogP contribution in [0.1, 0.15) is 6.23 Å². The van der Waals surface area contributed by atoms with Crippen LogP contribution >= 0.6 is 48.3 Å². The first-order chi connectivity index (χ1) is 13.1. The third kappa shape index (κ3) is 12.1. The SMILES string of the molecule is Cl.Cl.Nc1ccn([C@@H]2O[C@H](COP(=O)(O)OP(=O)(O)OP(=O)(O)O)[C@@H](O)[C@H]2O)c(=O)n1.[NaH].[NaH]. The summed E-state index contributed by atoms with van der Waals surface area (Å²) in [5.74, 6) is -0.122. The summed E-state index contributed by atoms with van der Waals surface area (Å²) in [7, 11) is -16.7. The van der Waals surface area contributed by atoms with E-state index in [1.54, 1.807) is 0 Å². The molecule has 1 aromatic heterocycles. The maximum absolute atomic E-state index is 11.8. The second kappa shape index (κ2) is 15.1. The minimum absolute atomic E-state index is 0. The molecule has 0 spiro atoms. The van der Waals surface area contributed by atoms with Gasteiger partial charge in [0.15, 0.2) is 6.23 Å². The number of nitrogen functional groups attached to an aromatic ring is 1. The van der Waals surface area contributed by atoms with Crippen LogP contribution < -0.4 is 11.4 Å². The molecular formula is C9H20Cl2N3Na2O14P3. The normalized spacial score (nSPS) is 25.8. The predicted molar refractivity (Wildman–Crippen MR) is 117 cm³/mol. The van der Waals surface area contributed by atoms with E-state index in [1.165, 1.54) is 6.07 Å². The molecule has 0 amide bonds. The molecule has 1 saturated heterocycles. The van der Waals surface area contributed by atoms with Crippen LogP contribution in [0, 0.1) is 0 Å². The number of halogens is 2. The van der Waals surface area contributed by atoms with Crippen molar-refractivity contribution in [2.45, 2.75) is 24.5 Å². The van der Waals surface area contributed by atoms with E-state index in [0.717, 1.165) is 10.8 Å². The third-order valence-corrected chi connectivity index (χ3v) is 7.08. The Kier molecular flexibility index (Phi) is 17.9. The number of aliphatic hydroxyl groups excluding tert-OH is 2. The molecular weight excluding hydrogens is 584 g/mol. The van der Waals surface area contributed by atoms with Gasteiger partial charge in [0.05, 0.1) is 6.61 Å². The maximum atomic E-state index is 11.8. The molecule has 1 aliphatic heterocycles. The second-order valence-electron chi connectivity index (χ2n) is 5.48. The number of aromatic nitrogens is 2. The van der Waals surface area contributed by atoms with Gasteiger partial charge in [-0.05, 0) is 6.07 Å². The van der Waals surface area contributed by atoms with Gasteiger partial charge in [-0.3, -0.25) is 9.09 Å². The zero-order chi connectivity index (χ0) is 22.2. The number of nitrogens with zero attached hydrogens (tertiary/aromatic N) is 2. The summed E-state index contributed by atoms with van der Waals surface area (Å²) in [5.41, 5.74) is 4.39. The van der Waals surface area contributed by atoms with Gasteiger partial charge in [0.1, 0.15) is 24.1 Å². The van der Waals surface area contributed by atoms with E-state index >= 15 is 0 Å². The van der Waals surface area contributed by atoms with Gasteiger partial charge in [-0.15, -0.1) is 24.8 Å². The summed E-state index contributed by atoms with van der Waals surface area (Å²) < 4.78 is 50.8. The molecule has 33 heavy (non-hydrogen) atoms. The second-order valence-corrected chi connectivity index (χ2v) is 9.90. The van der Waals surface area contributed by atoms with Crippen molar-refractivity contribution in [3.05, 3.63) is 22.7 Å². The van der Waals surface area contributed by atoms with Gasteiger partial charge in [-0.25, -0.2) is 18.5 Å². The molecule has 1 aliphatic rings. The van der Waals surface area contributed by atoms with Gasteiger partial charge in [0.25, 0.3) is 0 Å². The molecule has 8 N–H and O–H groups in total. The van der Waals surface area contributed by atoms with Crippen LogP contribution in [0.3, 0.4) is 0 Å². The molecule has 6 atom stereocenters. The average Bonchev–Trinajstić information content (AvgIpc) is 2.78. The third-order valence-electron chi connectivity index (χ3n) is 3.28. The summed E-state index contributed by atoms with van der Waals surface area (Å²) >= 11 is 0. The molecule has 1 fully saturated rings. The molecule has 1 aromatic rings. The Balaban J connectivity index is -0.00000225. The average molecular weight is 604 g/mol. The summed E-state index contributed by atoms with van der Waals surface area (Å²) in [6.45, 7) is -1.02. The van der Waals surface area contributed by atoms with Gasteiger partial charge in [-0.2, -0.15) is 13.6 Å². The Bertz CT molecular complexity index is 967. The van der Waals surface area contributed by atoms with Crippen molar-refractivity contribution in [3.63, 3.8) is 0 Å². The number of ether oxygens (including phenoxy) is 1. The van der Waals surface area contributed by atoms with E-state index in [9.17, 15) is 33.6 Å². The monoisotopic (exact) mass is 603 g/mol. The molecule has 0 aliphatic carbocycles. The Morgan fingerprint density at radius 1 is 1.03 bits per heavy atom. The van der Waals surface area contributed by atoms with E-state index in [0.29, 0.717) is 0 Å². The van der Waals surface area contributed by atoms with Crippen LogP contribution in [0.4, 0.5) is 5.82 Å². The molecule has 0 bridgehead atoms. The Morgan fingerprint density at radius 2 is 1.58 bits per heavy atom. The Labute approximate surface area is 241 Å². The van der Waals surface area contributed by atoms with E-state index in [4.69, 9.17) is 25.2 Å². The van der Waals surface area contributed by atoms with Gasteiger partial charge in [0, 0.05) is 6.20 Å². The number of hydrogen-bond donors (Lipinski definition) is 7. The topological polar surface area (TPSA) is 270 Å². The molecule has 186 valence electrons. The van der Waals surface area contributed by atoms with Crippen LogP contribution in [0.2, 0.25) is 0 Å². The van der Waals surface area contributed by atoms with Crippen molar-refractivity contribution >= 4 is 113 Å². The molecule has 0 aromatic carbocycles. The van der Waals surface area contributed by atoms with Gasteiger partial charge >= 0.3 is 88.3 Å². The number of anilines is 1. The molecule has 2 rings (SSSR count). The van der Waals surface area contributed by atoms with Crippen LogP contribution in [0.25, 0.3) is 0 Å². The quantitative estimate of drug-likeness (QED) is 0.118. The first-order valence-corrected chi connectivity index (χ1v) is 11.8. The number of aliphatic hydroxyl groups is 2. The van der Waals surface area contributed by atoms with Crippen molar-refractivity contribution in [2.24, 2.45) is 0 Å². The van der Waals surface area contributed by atoms with E-state index < -0.39 is 60.3 Å². The standard InChI is InChI=1S/C9H16N3O14P3.2ClH.2Na.2H/c10-5-1-2-12(9(15)11-5)8-7(14)6(13)4(24-8)3-23-28(19,20)26-29(21,22)25-27(16,17)18;;;;;;/h1-2,4,6-8,13-14H,3H2,(H,19,20)(H,21,22)(H2,10,11,15)(H2,16,17,18);2*1H;;;;/t4-,6-,7-,8-;;;;;;/m1....../s1. The van der Waals surface area contributed by atoms with Crippen LogP contribution in [-0.2, 0) is 31.6 Å². The Hall–Kier alpha value is 1.55. The first-order valence-electron chi connectivity index (χ1n) is 7.25. The van der Waals surface area contributed by atoms with E-state index in [1.807, 2.05) is 0 Å². The zero-order valence-electron chi connectivity index (χ0n) is 14.8. The molecule has 2 heterocycles. The number of phosphoric ester groups is 1. The number of hydrogen-bond acceptors (Lipinski definition) is 12. The van der Waals surface area contributed by atoms with Crippen LogP contribution in [-0.4, -0.2) is 123 Å². The minimum atomic E-state index is -5.71. The van der Waals surface area contributed by atoms with Crippen molar-refractivity contribution in [1.29, 1.82) is 0 Å². The fraction of sp³-hybridized carbons (Fsp3) is 0.556. The van der Waals surface area contributed by atoms with Crippen LogP contribution in [0.5, 0.6) is 0 Å². The van der Waals surface area contributed by atoms with Crippen molar-refractivity contribution < 1.29 is 61.4 Å². The fourth-order valence-corrected chi connectivity index (χ4v) is 5.22. The zero-order valence-corrected chi connectivity index (χ0v) is 19.1. The molecule has 0 saturated carbocycles. The van der Waals surface area contributed by atoms with E-state index in [-0.39, 0.29) is 89.7 Å². The number of phosphoric acid groups is 3. The van der Waals surface area contributed by atoms with Gasteiger partial charge < -0.3 is 40.3 Å². The summed E-state index contributed by atoms with van der Waals surface area (Å²) in [6.07, 6.45) is -5.38.